The molecule has 0 aromatic heterocycles. The van der Waals surface area contributed by atoms with Gasteiger partial charge in [-0.25, -0.2) is 0 Å². The number of thiocarbonyl (C=S) groups is 1. The van der Waals surface area contributed by atoms with Crippen molar-refractivity contribution in [2.45, 2.75) is 26.7 Å². The number of carbonyl (C=O) groups excluding carboxylic acids is 1. The van der Waals surface area contributed by atoms with Crippen molar-refractivity contribution in [2.75, 3.05) is 18.1 Å². The second-order valence-electron chi connectivity index (χ2n) is 6.82. The second kappa shape index (κ2) is 8.32. The van der Waals surface area contributed by atoms with Gasteiger partial charge in [0, 0.05) is 12.2 Å². The molecule has 136 valence electrons. The number of para-hydroxylation sites is 2. The maximum absolute atomic E-state index is 12.7. The Kier molecular flexibility index (Phi) is 5.89. The minimum atomic E-state index is -0.237. The number of carbonyl (C=O) groups is 1. The summed E-state index contributed by atoms with van der Waals surface area (Å²) in [5.74, 6) is 0.911. The smallest absolute Gasteiger partial charge is 0.261 e. The third kappa shape index (κ3) is 4.22. The lowest BCUT2D eigenvalue weighted by Crippen LogP contribution is -2.42. The molecule has 0 bridgehead atoms. The number of benzene rings is 2. The number of anilines is 1. The summed E-state index contributed by atoms with van der Waals surface area (Å²) in [6.07, 6.45) is 1.88. The first kappa shape index (κ1) is 18.4. The van der Waals surface area contributed by atoms with Gasteiger partial charge in [0.2, 0.25) is 0 Å². The highest BCUT2D eigenvalue weighted by Gasteiger charge is 2.23. The van der Waals surface area contributed by atoms with Crippen LogP contribution in [0.4, 0.5) is 5.69 Å². The number of nitrogens with one attached hydrogen (secondary N) is 1. The van der Waals surface area contributed by atoms with E-state index < -0.39 is 0 Å². The molecule has 3 rings (SSSR count). The molecule has 26 heavy (non-hydrogen) atoms. The number of amides is 1. The molecule has 1 heterocycles. The van der Waals surface area contributed by atoms with Crippen LogP contribution in [0.2, 0.25) is 0 Å². The lowest BCUT2D eigenvalue weighted by molar-refractivity contribution is 0.0973. The van der Waals surface area contributed by atoms with Crippen molar-refractivity contribution in [3.63, 3.8) is 0 Å². The normalized spacial score (nSPS) is 12.8. The highest BCUT2D eigenvalue weighted by molar-refractivity contribution is 7.80. The topological polar surface area (TPSA) is 41.6 Å². The Morgan fingerprint density at radius 2 is 1.92 bits per heavy atom. The van der Waals surface area contributed by atoms with Gasteiger partial charge in [-0.3, -0.25) is 10.1 Å². The van der Waals surface area contributed by atoms with Crippen LogP contribution in [-0.4, -0.2) is 24.2 Å². The average Bonchev–Trinajstić information content (AvgIpc) is 3.06. The molecule has 1 amide bonds. The molecule has 0 atom stereocenters. The van der Waals surface area contributed by atoms with Crippen LogP contribution >= 0.6 is 12.2 Å². The van der Waals surface area contributed by atoms with E-state index in [-0.39, 0.29) is 5.91 Å². The number of hydrogen-bond acceptors (Lipinski definition) is 3. The van der Waals surface area contributed by atoms with Gasteiger partial charge in [0.25, 0.3) is 5.91 Å². The third-order valence-electron chi connectivity index (χ3n) is 4.44. The van der Waals surface area contributed by atoms with Gasteiger partial charge in [-0.2, -0.15) is 0 Å². The zero-order valence-corrected chi connectivity index (χ0v) is 16.0. The standard InChI is InChI=1S/C21H24N2O2S/c1-15(2)12-14-25-19-10-6-4-8-17(19)20(24)22-21(26)23-13-11-16-7-3-5-9-18(16)23/h3-10,15H,11-14H2,1-2H3,(H,22,24,26). The fourth-order valence-corrected chi connectivity index (χ4v) is 3.25. The fraction of sp³-hybridized carbons (Fsp3) is 0.333. The lowest BCUT2D eigenvalue weighted by atomic mass is 10.1. The van der Waals surface area contributed by atoms with Gasteiger partial charge in [0.15, 0.2) is 5.11 Å². The number of rotatable bonds is 5. The first-order chi connectivity index (χ1) is 12.6. The lowest BCUT2D eigenvalue weighted by Gasteiger charge is -2.21. The molecule has 1 N–H and O–H groups in total. The van der Waals surface area contributed by atoms with Crippen LogP contribution in [0.5, 0.6) is 5.75 Å². The van der Waals surface area contributed by atoms with Crippen LogP contribution in [0.15, 0.2) is 48.5 Å². The molecule has 0 spiro atoms. The summed E-state index contributed by atoms with van der Waals surface area (Å²) in [7, 11) is 0. The predicted molar refractivity (Wildman–Crippen MR) is 109 cm³/mol. The molecule has 1 aliphatic rings. The van der Waals surface area contributed by atoms with E-state index in [4.69, 9.17) is 17.0 Å². The van der Waals surface area contributed by atoms with Gasteiger partial charge in [0.1, 0.15) is 5.75 Å². The van der Waals surface area contributed by atoms with E-state index in [1.54, 1.807) is 6.07 Å². The Labute approximate surface area is 160 Å². The van der Waals surface area contributed by atoms with Crippen LogP contribution < -0.4 is 15.0 Å². The van der Waals surface area contributed by atoms with Crippen molar-refractivity contribution in [3.05, 3.63) is 59.7 Å². The molecule has 0 fully saturated rings. The molecule has 5 heteroatoms. The van der Waals surface area contributed by atoms with Crippen LogP contribution in [0, 0.1) is 5.92 Å². The minimum Gasteiger partial charge on any atom is -0.493 e. The van der Waals surface area contributed by atoms with Crippen LogP contribution in [0.1, 0.15) is 36.2 Å². The van der Waals surface area contributed by atoms with Crippen molar-refractivity contribution in [3.8, 4) is 5.75 Å². The van der Waals surface area contributed by atoms with Gasteiger partial charge in [-0.1, -0.05) is 44.2 Å². The molecular formula is C21H24N2O2S. The zero-order chi connectivity index (χ0) is 18.5. The van der Waals surface area contributed by atoms with E-state index in [1.807, 2.05) is 41.3 Å². The summed E-state index contributed by atoms with van der Waals surface area (Å²) >= 11 is 5.48. The van der Waals surface area contributed by atoms with Gasteiger partial charge in [0.05, 0.1) is 12.2 Å². The summed E-state index contributed by atoms with van der Waals surface area (Å²) in [4.78, 5) is 14.7. The van der Waals surface area contributed by atoms with E-state index in [0.29, 0.717) is 29.0 Å². The highest BCUT2D eigenvalue weighted by Crippen LogP contribution is 2.27. The maximum Gasteiger partial charge on any atom is 0.261 e. The van der Waals surface area contributed by atoms with Crippen molar-refractivity contribution < 1.29 is 9.53 Å². The Balaban J connectivity index is 1.68. The molecular weight excluding hydrogens is 344 g/mol. The van der Waals surface area contributed by atoms with Crippen LogP contribution in [0.3, 0.4) is 0 Å². The summed E-state index contributed by atoms with van der Waals surface area (Å²) in [6.45, 7) is 5.67. The largest absolute Gasteiger partial charge is 0.493 e. The first-order valence-electron chi connectivity index (χ1n) is 8.99. The summed E-state index contributed by atoms with van der Waals surface area (Å²) in [5.41, 5.74) is 2.83. The Morgan fingerprint density at radius 3 is 2.73 bits per heavy atom. The summed E-state index contributed by atoms with van der Waals surface area (Å²) in [6, 6.07) is 15.4. The highest BCUT2D eigenvalue weighted by atomic mass is 32.1. The maximum atomic E-state index is 12.7. The second-order valence-corrected chi connectivity index (χ2v) is 7.20. The third-order valence-corrected chi connectivity index (χ3v) is 4.76. The van der Waals surface area contributed by atoms with Crippen molar-refractivity contribution in [2.24, 2.45) is 5.92 Å². The molecule has 2 aromatic rings. The molecule has 0 saturated carbocycles. The van der Waals surface area contributed by atoms with E-state index in [2.05, 4.69) is 25.2 Å². The number of ether oxygens (including phenoxy) is 1. The fourth-order valence-electron chi connectivity index (χ4n) is 2.97. The van der Waals surface area contributed by atoms with Crippen molar-refractivity contribution >= 4 is 28.9 Å². The van der Waals surface area contributed by atoms with Gasteiger partial charge in [-0.05, 0) is 54.7 Å². The Hall–Kier alpha value is -2.40. The van der Waals surface area contributed by atoms with Crippen LogP contribution in [0.25, 0.3) is 0 Å². The summed E-state index contributed by atoms with van der Waals surface area (Å²) in [5, 5.41) is 3.28. The van der Waals surface area contributed by atoms with Gasteiger partial charge < -0.3 is 9.64 Å². The van der Waals surface area contributed by atoms with Crippen molar-refractivity contribution in [1.29, 1.82) is 0 Å². The van der Waals surface area contributed by atoms with E-state index in [0.717, 1.165) is 25.1 Å². The molecule has 1 aliphatic heterocycles. The molecule has 2 aromatic carbocycles. The summed E-state index contributed by atoms with van der Waals surface area (Å²) < 4.78 is 5.81. The van der Waals surface area contributed by atoms with Crippen molar-refractivity contribution in [1.82, 2.24) is 5.32 Å². The molecule has 0 radical (unpaired) electrons. The van der Waals surface area contributed by atoms with Gasteiger partial charge >= 0.3 is 0 Å². The predicted octanol–water partition coefficient (Wildman–Crippen LogP) is 4.19. The van der Waals surface area contributed by atoms with E-state index in [1.165, 1.54) is 5.56 Å². The Morgan fingerprint density at radius 1 is 1.19 bits per heavy atom. The zero-order valence-electron chi connectivity index (χ0n) is 15.2. The average molecular weight is 369 g/mol. The number of hydrogen-bond donors (Lipinski definition) is 1. The molecule has 0 saturated heterocycles. The quantitative estimate of drug-likeness (QED) is 0.804. The SMILES string of the molecule is CC(C)CCOc1ccccc1C(=O)NC(=S)N1CCc2ccccc21. The monoisotopic (exact) mass is 368 g/mol. The van der Waals surface area contributed by atoms with E-state index >= 15 is 0 Å². The number of nitrogens with zero attached hydrogens (tertiary/aromatic N) is 1. The first-order valence-corrected chi connectivity index (χ1v) is 9.39. The van der Waals surface area contributed by atoms with Gasteiger partial charge in [-0.15, -0.1) is 0 Å². The van der Waals surface area contributed by atoms with Crippen LogP contribution in [-0.2, 0) is 6.42 Å². The van der Waals surface area contributed by atoms with E-state index in [9.17, 15) is 4.79 Å². The number of fused-ring (bicyclic) bond motifs is 1. The molecule has 0 aliphatic carbocycles. The molecule has 0 unspecified atom stereocenters. The molecule has 4 nitrogen and oxygen atoms in total. The Bertz CT molecular complexity index is 804. The minimum absolute atomic E-state index is 0.237.